The summed E-state index contributed by atoms with van der Waals surface area (Å²) in [7, 11) is 0. The minimum Gasteiger partial charge on any atom is -0.289 e. The lowest BCUT2D eigenvalue weighted by Gasteiger charge is -2.05. The van der Waals surface area contributed by atoms with Crippen molar-refractivity contribution in [1.82, 2.24) is 0 Å². The van der Waals surface area contributed by atoms with E-state index in [2.05, 4.69) is 0 Å². The van der Waals surface area contributed by atoms with Crippen LogP contribution in [0.3, 0.4) is 0 Å². The normalized spacial score (nSPS) is 11.6. The number of allylic oxidation sites excluding steroid dienone is 1. The Hall–Kier alpha value is -1.32. The minimum absolute atomic E-state index is 0.0824. The highest BCUT2D eigenvalue weighted by Crippen LogP contribution is 2.29. The van der Waals surface area contributed by atoms with Crippen LogP contribution in [0.5, 0.6) is 0 Å². The van der Waals surface area contributed by atoms with Gasteiger partial charge in [-0.2, -0.15) is 0 Å². The molecule has 0 amide bonds. The third-order valence-electron chi connectivity index (χ3n) is 2.90. The molecule has 1 aromatic heterocycles. The summed E-state index contributed by atoms with van der Waals surface area (Å²) in [5.41, 5.74) is 2.94. The van der Waals surface area contributed by atoms with E-state index in [1.165, 1.54) is 0 Å². The Kier molecular flexibility index (Phi) is 4.61. The maximum absolute atomic E-state index is 12.4. The number of hydrogen-bond acceptors (Lipinski definition) is 3. The Morgan fingerprint density at radius 3 is 2.68 bits per heavy atom. The monoisotopic (exact) mass is 288 g/mol. The topological polar surface area (TPSA) is 17.1 Å². The number of aryl methyl sites for hydroxylation is 2. The highest BCUT2D eigenvalue weighted by Gasteiger charge is 2.10. The van der Waals surface area contributed by atoms with Gasteiger partial charge >= 0.3 is 0 Å². The minimum atomic E-state index is 0.0824. The van der Waals surface area contributed by atoms with Crippen LogP contribution >= 0.6 is 23.1 Å². The fourth-order valence-corrected chi connectivity index (χ4v) is 3.37. The fourth-order valence-electron chi connectivity index (χ4n) is 1.85. The molecule has 0 atom stereocenters. The van der Waals surface area contributed by atoms with Gasteiger partial charge in [0.2, 0.25) is 0 Å². The van der Waals surface area contributed by atoms with Crippen LogP contribution in [0.25, 0.3) is 4.91 Å². The van der Waals surface area contributed by atoms with E-state index < -0.39 is 0 Å². The zero-order chi connectivity index (χ0) is 13.8. The van der Waals surface area contributed by atoms with Crippen LogP contribution in [-0.4, -0.2) is 12.0 Å². The second kappa shape index (κ2) is 6.22. The third kappa shape index (κ3) is 3.37. The molecular weight excluding hydrogens is 272 g/mol. The summed E-state index contributed by atoms with van der Waals surface area (Å²) in [5, 5.41) is 2.03. The summed E-state index contributed by atoms with van der Waals surface area (Å²) in [6.07, 6.45) is 3.75. The summed E-state index contributed by atoms with van der Waals surface area (Å²) in [6.45, 7) is 3.99. The van der Waals surface area contributed by atoms with Crippen molar-refractivity contribution < 1.29 is 4.79 Å². The first-order valence-electron chi connectivity index (χ1n) is 6.03. The molecule has 0 saturated carbocycles. The van der Waals surface area contributed by atoms with Gasteiger partial charge in [0, 0.05) is 21.4 Å². The molecule has 2 aromatic rings. The van der Waals surface area contributed by atoms with Gasteiger partial charge in [-0.1, -0.05) is 23.8 Å². The van der Waals surface area contributed by atoms with Crippen LogP contribution in [0.1, 0.15) is 26.4 Å². The molecule has 0 fully saturated rings. The molecule has 19 heavy (non-hydrogen) atoms. The molecule has 0 radical (unpaired) electrons. The molecule has 0 aliphatic rings. The van der Waals surface area contributed by atoms with Crippen LogP contribution in [0.2, 0.25) is 0 Å². The summed E-state index contributed by atoms with van der Waals surface area (Å²) in [4.78, 5) is 14.6. The Morgan fingerprint density at radius 1 is 1.26 bits per heavy atom. The number of benzene rings is 1. The molecule has 0 aliphatic heterocycles. The van der Waals surface area contributed by atoms with E-state index in [9.17, 15) is 4.79 Å². The van der Waals surface area contributed by atoms with Crippen molar-refractivity contribution in [3.63, 3.8) is 0 Å². The predicted molar refractivity (Wildman–Crippen MR) is 86.1 cm³/mol. The molecule has 0 bridgehead atoms. The van der Waals surface area contributed by atoms with Gasteiger partial charge in [0.15, 0.2) is 5.78 Å². The van der Waals surface area contributed by atoms with Crippen LogP contribution in [0.15, 0.2) is 41.8 Å². The molecule has 0 spiro atoms. The molecule has 98 valence electrons. The van der Waals surface area contributed by atoms with Crippen molar-refractivity contribution in [3.05, 3.63) is 63.4 Å². The van der Waals surface area contributed by atoms with E-state index in [-0.39, 0.29) is 5.78 Å². The van der Waals surface area contributed by atoms with Crippen molar-refractivity contribution in [3.8, 4) is 0 Å². The number of carbonyl (C=O) groups is 1. The zero-order valence-corrected chi connectivity index (χ0v) is 12.9. The molecule has 1 aromatic carbocycles. The maximum atomic E-state index is 12.4. The number of thiophene rings is 1. The first kappa shape index (κ1) is 14.1. The Labute approximate surface area is 122 Å². The zero-order valence-electron chi connectivity index (χ0n) is 11.3. The van der Waals surface area contributed by atoms with Gasteiger partial charge in [0.1, 0.15) is 0 Å². The van der Waals surface area contributed by atoms with Gasteiger partial charge < -0.3 is 0 Å². The molecule has 3 heteroatoms. The molecule has 0 N–H and O–H groups in total. The summed E-state index contributed by atoms with van der Waals surface area (Å²) in [5.74, 6) is 0.0824. The van der Waals surface area contributed by atoms with Gasteiger partial charge in [-0.15, -0.1) is 23.1 Å². The van der Waals surface area contributed by atoms with Crippen LogP contribution in [0.4, 0.5) is 0 Å². The van der Waals surface area contributed by atoms with Gasteiger partial charge in [-0.25, -0.2) is 0 Å². The predicted octanol–water partition coefficient (Wildman–Crippen LogP) is 4.95. The molecule has 0 saturated heterocycles. The van der Waals surface area contributed by atoms with Gasteiger partial charge in [0.05, 0.1) is 0 Å². The average molecular weight is 288 g/mol. The van der Waals surface area contributed by atoms with E-state index in [1.807, 2.05) is 55.8 Å². The quantitative estimate of drug-likeness (QED) is 0.585. The SMILES string of the molecule is CS/C(=C\C(=O)c1cc(C)ccc1C)c1cccs1. The molecule has 1 heterocycles. The Morgan fingerprint density at radius 2 is 2.05 bits per heavy atom. The van der Waals surface area contributed by atoms with Crippen molar-refractivity contribution in [2.75, 3.05) is 6.26 Å². The number of thioether (sulfide) groups is 1. The summed E-state index contributed by atoms with van der Waals surface area (Å²) < 4.78 is 0. The Balaban J connectivity index is 2.36. The smallest absolute Gasteiger partial charge is 0.187 e. The maximum Gasteiger partial charge on any atom is 0.187 e. The molecule has 2 rings (SSSR count). The van der Waals surface area contributed by atoms with E-state index in [4.69, 9.17) is 0 Å². The number of hydrogen-bond donors (Lipinski definition) is 0. The van der Waals surface area contributed by atoms with Crippen molar-refractivity contribution in [2.24, 2.45) is 0 Å². The van der Waals surface area contributed by atoms with Crippen LogP contribution < -0.4 is 0 Å². The van der Waals surface area contributed by atoms with Gasteiger partial charge in [-0.3, -0.25) is 4.79 Å². The lowest BCUT2D eigenvalue weighted by Crippen LogP contribution is -1.99. The molecular formula is C16H16OS2. The van der Waals surface area contributed by atoms with Crippen LogP contribution in [-0.2, 0) is 0 Å². The second-order valence-corrected chi connectivity index (χ2v) is 6.17. The van der Waals surface area contributed by atoms with Crippen molar-refractivity contribution >= 4 is 33.8 Å². The highest BCUT2D eigenvalue weighted by molar-refractivity contribution is 8.07. The highest BCUT2D eigenvalue weighted by atomic mass is 32.2. The van der Waals surface area contributed by atoms with E-state index >= 15 is 0 Å². The summed E-state index contributed by atoms with van der Waals surface area (Å²) >= 11 is 3.27. The van der Waals surface area contributed by atoms with Gasteiger partial charge in [-0.05, 0) is 43.2 Å². The lowest BCUT2D eigenvalue weighted by molar-refractivity contribution is 0.104. The first-order chi connectivity index (χ1) is 9.11. The standard InChI is InChI=1S/C16H16OS2/c1-11-6-7-12(2)13(9-11)14(17)10-16(18-3)15-5-4-8-19-15/h4-10H,1-3H3/b16-10-. The number of ketones is 1. The largest absolute Gasteiger partial charge is 0.289 e. The van der Waals surface area contributed by atoms with E-state index in [1.54, 1.807) is 29.2 Å². The summed E-state index contributed by atoms with van der Waals surface area (Å²) in [6, 6.07) is 10.0. The van der Waals surface area contributed by atoms with E-state index in [0.29, 0.717) is 0 Å². The Bertz CT molecular complexity index is 610. The van der Waals surface area contributed by atoms with Crippen LogP contribution in [0, 0.1) is 13.8 Å². The second-order valence-electron chi connectivity index (χ2n) is 4.37. The lowest BCUT2D eigenvalue weighted by atomic mass is 10.0. The molecule has 0 aliphatic carbocycles. The number of rotatable bonds is 4. The number of carbonyl (C=O) groups excluding carboxylic acids is 1. The van der Waals surface area contributed by atoms with Crippen molar-refractivity contribution in [2.45, 2.75) is 13.8 Å². The van der Waals surface area contributed by atoms with E-state index in [0.717, 1.165) is 26.5 Å². The average Bonchev–Trinajstić information content (AvgIpc) is 2.92. The third-order valence-corrected chi connectivity index (χ3v) is 4.71. The van der Waals surface area contributed by atoms with Crippen molar-refractivity contribution in [1.29, 1.82) is 0 Å². The fraction of sp³-hybridized carbons (Fsp3) is 0.188. The molecule has 1 nitrogen and oxygen atoms in total. The molecule has 0 unspecified atom stereocenters. The van der Waals surface area contributed by atoms with Gasteiger partial charge in [0.25, 0.3) is 0 Å². The first-order valence-corrected chi connectivity index (χ1v) is 8.13.